The Hall–Kier alpha value is -1.83. The predicted molar refractivity (Wildman–Crippen MR) is 114 cm³/mol. The zero-order valence-corrected chi connectivity index (χ0v) is 17.6. The molecule has 1 aromatic carbocycles. The molecular formula is C19H27IN4O. The molecule has 136 valence electrons. The molecule has 1 aromatic heterocycles. The molecule has 0 bridgehead atoms. The van der Waals surface area contributed by atoms with Gasteiger partial charge in [-0.25, -0.2) is 4.99 Å². The molecule has 2 aromatic rings. The monoisotopic (exact) mass is 454 g/mol. The second-order valence-corrected chi connectivity index (χ2v) is 5.58. The summed E-state index contributed by atoms with van der Waals surface area (Å²) in [6.45, 7) is 8.14. The highest BCUT2D eigenvalue weighted by molar-refractivity contribution is 14.0. The topological polar surface area (TPSA) is 58.5 Å². The lowest BCUT2D eigenvalue weighted by Gasteiger charge is -2.15. The van der Waals surface area contributed by atoms with E-state index >= 15 is 0 Å². The van der Waals surface area contributed by atoms with Crippen LogP contribution in [0.5, 0.6) is 5.75 Å². The van der Waals surface area contributed by atoms with Gasteiger partial charge in [-0.1, -0.05) is 30.3 Å². The first-order valence-corrected chi connectivity index (χ1v) is 8.20. The van der Waals surface area contributed by atoms with Crippen molar-refractivity contribution >= 4 is 29.9 Å². The largest absolute Gasteiger partial charge is 0.496 e. The summed E-state index contributed by atoms with van der Waals surface area (Å²) in [6.07, 6.45) is 1.84. The molecule has 6 heteroatoms. The van der Waals surface area contributed by atoms with Crippen molar-refractivity contribution in [2.75, 3.05) is 13.7 Å². The van der Waals surface area contributed by atoms with E-state index in [0.717, 1.165) is 35.1 Å². The van der Waals surface area contributed by atoms with E-state index in [1.165, 1.54) is 5.56 Å². The summed E-state index contributed by atoms with van der Waals surface area (Å²) in [4.78, 5) is 9.14. The van der Waals surface area contributed by atoms with Crippen LogP contribution in [0.15, 0.2) is 41.5 Å². The van der Waals surface area contributed by atoms with Crippen LogP contribution >= 0.6 is 24.0 Å². The first-order valence-electron chi connectivity index (χ1n) is 8.20. The Bertz CT molecular complexity index is 689. The lowest BCUT2D eigenvalue weighted by atomic mass is 10.1. The second kappa shape index (κ2) is 10.9. The van der Waals surface area contributed by atoms with Gasteiger partial charge in [0.05, 0.1) is 25.9 Å². The van der Waals surface area contributed by atoms with Gasteiger partial charge in [-0.05, 0) is 26.3 Å². The van der Waals surface area contributed by atoms with E-state index in [2.05, 4.69) is 39.7 Å². The fourth-order valence-corrected chi connectivity index (χ4v) is 2.51. The summed E-state index contributed by atoms with van der Waals surface area (Å²) < 4.78 is 5.46. The molecule has 1 heterocycles. The van der Waals surface area contributed by atoms with Crippen molar-refractivity contribution < 1.29 is 4.74 Å². The maximum Gasteiger partial charge on any atom is 0.191 e. The van der Waals surface area contributed by atoms with Gasteiger partial charge < -0.3 is 15.4 Å². The van der Waals surface area contributed by atoms with Gasteiger partial charge in [0.1, 0.15) is 5.75 Å². The third-order valence-electron chi connectivity index (χ3n) is 3.78. The van der Waals surface area contributed by atoms with Crippen molar-refractivity contribution in [2.24, 2.45) is 4.99 Å². The quantitative estimate of drug-likeness (QED) is 0.398. The van der Waals surface area contributed by atoms with Crippen LogP contribution in [0.3, 0.4) is 0 Å². The molecule has 0 aliphatic carbocycles. The van der Waals surface area contributed by atoms with Crippen LogP contribution in [0.2, 0.25) is 0 Å². The molecule has 0 saturated carbocycles. The highest BCUT2D eigenvalue weighted by atomic mass is 127. The van der Waals surface area contributed by atoms with Crippen LogP contribution in [0.1, 0.15) is 29.3 Å². The van der Waals surface area contributed by atoms with Gasteiger partial charge in [0.25, 0.3) is 0 Å². The molecule has 0 aliphatic heterocycles. The Labute approximate surface area is 167 Å². The molecule has 2 rings (SSSR count). The molecule has 0 aliphatic rings. The van der Waals surface area contributed by atoms with Gasteiger partial charge in [-0.3, -0.25) is 4.98 Å². The summed E-state index contributed by atoms with van der Waals surface area (Å²) in [5.41, 5.74) is 4.25. The number of hydrogen-bond donors (Lipinski definition) is 2. The lowest BCUT2D eigenvalue weighted by Crippen LogP contribution is -2.37. The standard InChI is InChI=1S/C19H26N4O.HI/c1-5-20-19(22-12-16-9-7-6-8-10-16)23-13-17-15(3)18(24-4)14(2)11-21-17;/h6-11H,5,12-13H2,1-4H3,(H2,20,22,23);1H. The Morgan fingerprint density at radius 1 is 1.16 bits per heavy atom. The molecule has 25 heavy (non-hydrogen) atoms. The number of aryl methyl sites for hydroxylation is 1. The van der Waals surface area contributed by atoms with Crippen molar-refractivity contribution in [2.45, 2.75) is 33.9 Å². The molecular weight excluding hydrogens is 427 g/mol. The smallest absolute Gasteiger partial charge is 0.191 e. The summed E-state index contributed by atoms with van der Waals surface area (Å²) >= 11 is 0. The van der Waals surface area contributed by atoms with E-state index in [4.69, 9.17) is 4.74 Å². The number of pyridine rings is 1. The minimum atomic E-state index is 0. The van der Waals surface area contributed by atoms with Gasteiger partial charge in [-0.15, -0.1) is 24.0 Å². The number of benzene rings is 1. The zero-order chi connectivity index (χ0) is 17.4. The van der Waals surface area contributed by atoms with Gasteiger partial charge in [0.15, 0.2) is 5.96 Å². The van der Waals surface area contributed by atoms with Gasteiger partial charge in [-0.2, -0.15) is 0 Å². The van der Waals surface area contributed by atoms with E-state index in [9.17, 15) is 0 Å². The van der Waals surface area contributed by atoms with Crippen molar-refractivity contribution in [3.63, 3.8) is 0 Å². The zero-order valence-electron chi connectivity index (χ0n) is 15.3. The Morgan fingerprint density at radius 3 is 2.52 bits per heavy atom. The molecule has 2 N–H and O–H groups in total. The molecule has 5 nitrogen and oxygen atoms in total. The Balaban J connectivity index is 0.00000312. The van der Waals surface area contributed by atoms with E-state index in [1.54, 1.807) is 7.11 Å². The minimum absolute atomic E-state index is 0. The van der Waals surface area contributed by atoms with Crippen molar-refractivity contribution in [3.8, 4) is 5.75 Å². The average molecular weight is 454 g/mol. The molecule has 0 atom stereocenters. The third-order valence-corrected chi connectivity index (χ3v) is 3.78. The number of halogens is 1. The first kappa shape index (κ1) is 21.2. The van der Waals surface area contributed by atoms with Crippen LogP contribution in [0.4, 0.5) is 0 Å². The summed E-state index contributed by atoms with van der Waals surface area (Å²) in [5, 5.41) is 6.60. The van der Waals surface area contributed by atoms with Crippen LogP contribution in [-0.4, -0.2) is 24.6 Å². The van der Waals surface area contributed by atoms with Crippen molar-refractivity contribution in [3.05, 3.63) is 58.9 Å². The maximum atomic E-state index is 5.46. The average Bonchev–Trinajstić information content (AvgIpc) is 2.60. The number of nitrogens with zero attached hydrogens (tertiary/aromatic N) is 2. The number of guanidine groups is 1. The van der Waals surface area contributed by atoms with Gasteiger partial charge in [0, 0.05) is 23.9 Å². The predicted octanol–water partition coefficient (Wildman–Crippen LogP) is 3.58. The van der Waals surface area contributed by atoms with Crippen molar-refractivity contribution in [1.82, 2.24) is 15.6 Å². The fraction of sp³-hybridized carbons (Fsp3) is 0.368. The van der Waals surface area contributed by atoms with E-state index in [-0.39, 0.29) is 24.0 Å². The number of nitrogens with one attached hydrogen (secondary N) is 2. The SMILES string of the molecule is CCNC(=NCc1ccccc1)NCc1ncc(C)c(OC)c1C.I. The lowest BCUT2D eigenvalue weighted by molar-refractivity contribution is 0.406. The van der Waals surface area contributed by atoms with Crippen molar-refractivity contribution in [1.29, 1.82) is 0 Å². The van der Waals surface area contributed by atoms with Crippen LogP contribution in [0, 0.1) is 13.8 Å². The van der Waals surface area contributed by atoms with E-state index in [0.29, 0.717) is 13.1 Å². The highest BCUT2D eigenvalue weighted by Crippen LogP contribution is 2.23. The molecule has 0 unspecified atom stereocenters. The number of aromatic nitrogens is 1. The number of aliphatic imine (C=N–C) groups is 1. The highest BCUT2D eigenvalue weighted by Gasteiger charge is 2.09. The summed E-state index contributed by atoms with van der Waals surface area (Å²) in [7, 11) is 1.69. The Morgan fingerprint density at radius 2 is 1.88 bits per heavy atom. The number of rotatable bonds is 6. The number of hydrogen-bond acceptors (Lipinski definition) is 3. The third kappa shape index (κ3) is 6.19. The van der Waals surface area contributed by atoms with E-state index in [1.807, 2.05) is 38.2 Å². The number of methoxy groups -OCH3 is 1. The normalized spacial score (nSPS) is 10.8. The molecule has 0 radical (unpaired) electrons. The van der Waals surface area contributed by atoms with Crippen LogP contribution in [0.25, 0.3) is 0 Å². The van der Waals surface area contributed by atoms with E-state index < -0.39 is 0 Å². The molecule has 0 fully saturated rings. The van der Waals surface area contributed by atoms with Gasteiger partial charge in [0.2, 0.25) is 0 Å². The molecule has 0 saturated heterocycles. The Kier molecular flexibility index (Phi) is 9.26. The first-order chi connectivity index (χ1) is 11.7. The summed E-state index contributed by atoms with van der Waals surface area (Å²) in [5.74, 6) is 1.68. The second-order valence-electron chi connectivity index (χ2n) is 5.58. The minimum Gasteiger partial charge on any atom is -0.496 e. The molecule has 0 spiro atoms. The van der Waals surface area contributed by atoms with Crippen LogP contribution < -0.4 is 15.4 Å². The maximum absolute atomic E-state index is 5.46. The van der Waals surface area contributed by atoms with Crippen LogP contribution in [-0.2, 0) is 13.1 Å². The van der Waals surface area contributed by atoms with Gasteiger partial charge >= 0.3 is 0 Å². The fourth-order valence-electron chi connectivity index (χ4n) is 2.51. The summed E-state index contributed by atoms with van der Waals surface area (Å²) in [6, 6.07) is 10.2. The molecule has 0 amide bonds. The number of ether oxygens (including phenoxy) is 1.